The zero-order valence-electron chi connectivity index (χ0n) is 17.3. The summed E-state index contributed by atoms with van der Waals surface area (Å²) in [6.45, 7) is 3.92. The first kappa shape index (κ1) is 21.3. The van der Waals surface area contributed by atoms with Crippen LogP contribution >= 0.6 is 0 Å². The Bertz CT molecular complexity index is 1200. The molecule has 3 heterocycles. The second kappa shape index (κ2) is 8.66. The van der Waals surface area contributed by atoms with E-state index in [2.05, 4.69) is 15.3 Å². The van der Waals surface area contributed by atoms with Crippen molar-refractivity contribution >= 4 is 38.5 Å². The summed E-state index contributed by atoms with van der Waals surface area (Å²) in [5, 5.41) is 3.82. The van der Waals surface area contributed by atoms with E-state index in [0.29, 0.717) is 43.5 Å². The molecule has 2 aromatic heterocycles. The zero-order chi connectivity index (χ0) is 22.0. The van der Waals surface area contributed by atoms with Crippen LogP contribution in [0.3, 0.4) is 0 Å². The van der Waals surface area contributed by atoms with Crippen LogP contribution in [-0.4, -0.2) is 67.1 Å². The second-order valence-electron chi connectivity index (χ2n) is 7.55. The van der Waals surface area contributed by atoms with E-state index < -0.39 is 10.0 Å². The minimum Gasteiger partial charge on any atom is -0.354 e. The summed E-state index contributed by atoms with van der Waals surface area (Å²) < 4.78 is 25.8. The van der Waals surface area contributed by atoms with Gasteiger partial charge in [0.05, 0.1) is 5.75 Å². The van der Waals surface area contributed by atoms with Crippen molar-refractivity contribution in [2.45, 2.75) is 6.92 Å². The number of amides is 1. The van der Waals surface area contributed by atoms with Crippen LogP contribution in [0, 0.1) is 6.92 Å². The molecule has 0 radical (unpaired) electrons. The standard InChI is InChI=1S/C21H26N6O3S/c1-15-4-2-5-16-14-17(23-20(15)16)21(28)25-18-6-3-7-19(24-18)26-9-11-27(12-10-26)31(29,30)13-8-22/h2-7,14,23H,8-13,22H2,1H3,(H,24,25,28). The fourth-order valence-electron chi connectivity index (χ4n) is 3.76. The summed E-state index contributed by atoms with van der Waals surface area (Å²) in [7, 11) is -3.31. The Labute approximate surface area is 181 Å². The lowest BCUT2D eigenvalue weighted by Crippen LogP contribution is -2.50. The van der Waals surface area contributed by atoms with Gasteiger partial charge in [-0.2, -0.15) is 4.31 Å². The number of rotatable bonds is 6. The number of aromatic nitrogens is 2. The van der Waals surface area contributed by atoms with Gasteiger partial charge < -0.3 is 20.9 Å². The van der Waals surface area contributed by atoms with Gasteiger partial charge in [-0.3, -0.25) is 4.79 Å². The number of anilines is 2. The van der Waals surface area contributed by atoms with Gasteiger partial charge in [-0.1, -0.05) is 24.3 Å². The predicted molar refractivity (Wildman–Crippen MR) is 122 cm³/mol. The van der Waals surface area contributed by atoms with Gasteiger partial charge in [-0.05, 0) is 30.7 Å². The number of nitrogens with zero attached hydrogens (tertiary/aromatic N) is 3. The number of carbonyl (C=O) groups is 1. The fraction of sp³-hybridized carbons (Fsp3) is 0.333. The summed E-state index contributed by atoms with van der Waals surface area (Å²) in [6, 6.07) is 13.1. The second-order valence-corrected chi connectivity index (χ2v) is 9.64. The molecule has 9 nitrogen and oxygen atoms in total. The normalized spacial score (nSPS) is 15.4. The van der Waals surface area contributed by atoms with E-state index in [-0.39, 0.29) is 18.2 Å². The molecule has 0 unspecified atom stereocenters. The molecular formula is C21H26N6O3S. The van der Waals surface area contributed by atoms with E-state index in [1.54, 1.807) is 6.07 Å². The maximum atomic E-state index is 12.7. The lowest BCUT2D eigenvalue weighted by atomic mass is 10.2. The number of fused-ring (bicyclic) bond motifs is 1. The molecule has 3 aromatic rings. The number of hydrogen-bond donors (Lipinski definition) is 3. The molecule has 4 N–H and O–H groups in total. The number of para-hydroxylation sites is 1. The summed E-state index contributed by atoms with van der Waals surface area (Å²) in [4.78, 5) is 22.4. The number of piperazine rings is 1. The topological polar surface area (TPSA) is 124 Å². The first-order valence-corrected chi connectivity index (χ1v) is 11.8. The Balaban J connectivity index is 1.44. The van der Waals surface area contributed by atoms with Crippen molar-refractivity contribution < 1.29 is 13.2 Å². The number of benzene rings is 1. The molecule has 0 bridgehead atoms. The van der Waals surface area contributed by atoms with Crippen LogP contribution in [0.1, 0.15) is 16.1 Å². The van der Waals surface area contributed by atoms with Crippen molar-refractivity contribution in [1.82, 2.24) is 14.3 Å². The summed E-state index contributed by atoms with van der Waals surface area (Å²) in [5.41, 5.74) is 7.89. The molecule has 0 aliphatic carbocycles. The smallest absolute Gasteiger partial charge is 0.273 e. The average Bonchev–Trinajstić information content (AvgIpc) is 3.20. The summed E-state index contributed by atoms with van der Waals surface area (Å²) in [6.07, 6.45) is 0. The Kier molecular flexibility index (Phi) is 5.94. The van der Waals surface area contributed by atoms with E-state index in [4.69, 9.17) is 5.73 Å². The van der Waals surface area contributed by atoms with Gasteiger partial charge in [0.1, 0.15) is 17.3 Å². The SMILES string of the molecule is Cc1cccc2cc(C(=O)Nc3cccc(N4CCN(S(=O)(=O)CCN)CC4)n3)[nH]c12. The molecule has 1 aliphatic rings. The highest BCUT2D eigenvalue weighted by Gasteiger charge is 2.26. The summed E-state index contributed by atoms with van der Waals surface area (Å²) in [5.74, 6) is 0.829. The molecule has 10 heteroatoms. The number of nitrogens with two attached hydrogens (primary N) is 1. The number of carbonyl (C=O) groups excluding carboxylic acids is 1. The van der Waals surface area contributed by atoms with Gasteiger partial charge in [-0.25, -0.2) is 13.4 Å². The highest BCUT2D eigenvalue weighted by molar-refractivity contribution is 7.89. The number of pyridine rings is 1. The van der Waals surface area contributed by atoms with Crippen LogP contribution in [0.5, 0.6) is 0 Å². The lowest BCUT2D eigenvalue weighted by Gasteiger charge is -2.34. The first-order valence-electron chi connectivity index (χ1n) is 10.2. The van der Waals surface area contributed by atoms with E-state index in [1.165, 1.54) is 4.31 Å². The Hall–Kier alpha value is -2.95. The molecule has 4 rings (SSSR count). The fourth-order valence-corrected chi connectivity index (χ4v) is 5.03. The van der Waals surface area contributed by atoms with E-state index >= 15 is 0 Å². The van der Waals surface area contributed by atoms with E-state index in [0.717, 1.165) is 16.5 Å². The highest BCUT2D eigenvalue weighted by atomic mass is 32.2. The van der Waals surface area contributed by atoms with E-state index in [1.807, 2.05) is 48.2 Å². The Morgan fingerprint density at radius 1 is 1.16 bits per heavy atom. The van der Waals surface area contributed by atoms with Crippen molar-refractivity contribution in [2.75, 3.05) is 48.7 Å². The van der Waals surface area contributed by atoms with Crippen LogP contribution in [0.4, 0.5) is 11.6 Å². The predicted octanol–water partition coefficient (Wildman–Crippen LogP) is 1.53. The minimum atomic E-state index is -3.31. The van der Waals surface area contributed by atoms with Crippen LogP contribution in [-0.2, 0) is 10.0 Å². The molecule has 0 atom stereocenters. The maximum absolute atomic E-state index is 12.7. The van der Waals surface area contributed by atoms with Gasteiger partial charge in [0.2, 0.25) is 10.0 Å². The van der Waals surface area contributed by atoms with E-state index in [9.17, 15) is 13.2 Å². The first-order chi connectivity index (χ1) is 14.9. The summed E-state index contributed by atoms with van der Waals surface area (Å²) >= 11 is 0. The van der Waals surface area contributed by atoms with Gasteiger partial charge in [0, 0.05) is 43.6 Å². The number of aromatic amines is 1. The monoisotopic (exact) mass is 442 g/mol. The number of H-pyrrole nitrogens is 1. The molecule has 0 saturated carbocycles. The van der Waals surface area contributed by atoms with Crippen LogP contribution in [0.25, 0.3) is 10.9 Å². The van der Waals surface area contributed by atoms with Gasteiger partial charge in [0.15, 0.2) is 0 Å². The maximum Gasteiger partial charge on any atom is 0.273 e. The third-order valence-electron chi connectivity index (χ3n) is 5.42. The highest BCUT2D eigenvalue weighted by Crippen LogP contribution is 2.21. The van der Waals surface area contributed by atoms with Crippen LogP contribution < -0.4 is 16.0 Å². The molecular weight excluding hydrogens is 416 g/mol. The largest absolute Gasteiger partial charge is 0.354 e. The van der Waals surface area contributed by atoms with Crippen molar-refractivity contribution in [2.24, 2.45) is 5.73 Å². The molecule has 1 amide bonds. The minimum absolute atomic E-state index is 0.0416. The quantitative estimate of drug-likeness (QED) is 0.532. The van der Waals surface area contributed by atoms with Crippen molar-refractivity contribution in [3.8, 4) is 0 Å². The number of aryl methyl sites for hydroxylation is 1. The van der Waals surface area contributed by atoms with Crippen molar-refractivity contribution in [3.05, 3.63) is 53.7 Å². The average molecular weight is 443 g/mol. The molecule has 1 fully saturated rings. The lowest BCUT2D eigenvalue weighted by molar-refractivity contribution is 0.102. The zero-order valence-corrected chi connectivity index (χ0v) is 18.2. The molecule has 1 aromatic carbocycles. The van der Waals surface area contributed by atoms with Gasteiger partial charge in [0.25, 0.3) is 5.91 Å². The molecule has 0 spiro atoms. The number of sulfonamides is 1. The van der Waals surface area contributed by atoms with Gasteiger partial charge in [-0.15, -0.1) is 0 Å². The Morgan fingerprint density at radius 3 is 2.61 bits per heavy atom. The molecule has 1 saturated heterocycles. The third kappa shape index (κ3) is 4.55. The number of hydrogen-bond acceptors (Lipinski definition) is 6. The van der Waals surface area contributed by atoms with Gasteiger partial charge >= 0.3 is 0 Å². The van der Waals surface area contributed by atoms with Crippen LogP contribution in [0.2, 0.25) is 0 Å². The molecule has 1 aliphatic heterocycles. The van der Waals surface area contributed by atoms with Crippen molar-refractivity contribution in [3.63, 3.8) is 0 Å². The molecule has 31 heavy (non-hydrogen) atoms. The Morgan fingerprint density at radius 2 is 1.90 bits per heavy atom. The molecule has 164 valence electrons. The third-order valence-corrected chi connectivity index (χ3v) is 7.32. The number of nitrogens with one attached hydrogen (secondary N) is 2. The van der Waals surface area contributed by atoms with Crippen molar-refractivity contribution in [1.29, 1.82) is 0 Å². The van der Waals surface area contributed by atoms with Crippen LogP contribution in [0.15, 0.2) is 42.5 Å².